The van der Waals surface area contributed by atoms with Gasteiger partial charge in [0.15, 0.2) is 0 Å². The molecule has 0 saturated heterocycles. The summed E-state index contributed by atoms with van der Waals surface area (Å²) in [7, 11) is 1.90. The van der Waals surface area contributed by atoms with E-state index in [4.69, 9.17) is 0 Å². The summed E-state index contributed by atoms with van der Waals surface area (Å²) < 4.78 is 1.86. The first-order chi connectivity index (χ1) is 7.65. The SMILES string of the molecule is CCNC(=O)CCNC(C)c1nncn1C. The average molecular weight is 225 g/mol. The predicted molar refractivity (Wildman–Crippen MR) is 60.7 cm³/mol. The second-order valence-electron chi connectivity index (χ2n) is 3.68. The first kappa shape index (κ1) is 12.6. The second kappa shape index (κ2) is 6.22. The fourth-order valence-corrected chi connectivity index (χ4v) is 1.46. The van der Waals surface area contributed by atoms with Gasteiger partial charge in [-0.25, -0.2) is 0 Å². The molecule has 1 aromatic heterocycles. The summed E-state index contributed by atoms with van der Waals surface area (Å²) in [5.74, 6) is 0.941. The molecule has 6 nitrogen and oxygen atoms in total. The van der Waals surface area contributed by atoms with Crippen molar-refractivity contribution in [2.24, 2.45) is 7.05 Å². The molecule has 1 heterocycles. The largest absolute Gasteiger partial charge is 0.356 e. The minimum Gasteiger partial charge on any atom is -0.356 e. The monoisotopic (exact) mass is 225 g/mol. The molecule has 0 spiro atoms. The van der Waals surface area contributed by atoms with Crippen molar-refractivity contribution in [2.75, 3.05) is 13.1 Å². The van der Waals surface area contributed by atoms with Gasteiger partial charge >= 0.3 is 0 Å². The van der Waals surface area contributed by atoms with Gasteiger partial charge in [0.1, 0.15) is 12.2 Å². The number of rotatable bonds is 6. The molecule has 0 aliphatic rings. The van der Waals surface area contributed by atoms with Crippen molar-refractivity contribution < 1.29 is 4.79 Å². The summed E-state index contributed by atoms with van der Waals surface area (Å²) in [5, 5.41) is 13.8. The van der Waals surface area contributed by atoms with Crippen LogP contribution in [-0.2, 0) is 11.8 Å². The van der Waals surface area contributed by atoms with Crippen LogP contribution in [0.15, 0.2) is 6.33 Å². The van der Waals surface area contributed by atoms with Crippen LogP contribution in [0, 0.1) is 0 Å². The molecule has 1 aromatic rings. The van der Waals surface area contributed by atoms with Crippen molar-refractivity contribution in [1.29, 1.82) is 0 Å². The molecular formula is C10H19N5O. The van der Waals surface area contributed by atoms with Crippen molar-refractivity contribution in [3.8, 4) is 0 Å². The average Bonchev–Trinajstić information content (AvgIpc) is 2.64. The van der Waals surface area contributed by atoms with E-state index in [1.807, 2.05) is 25.5 Å². The summed E-state index contributed by atoms with van der Waals surface area (Å²) in [4.78, 5) is 11.2. The molecule has 90 valence electrons. The Morgan fingerprint density at radius 1 is 1.62 bits per heavy atom. The van der Waals surface area contributed by atoms with Gasteiger partial charge in [0.2, 0.25) is 5.91 Å². The molecule has 0 bridgehead atoms. The van der Waals surface area contributed by atoms with Crippen LogP contribution in [0.4, 0.5) is 0 Å². The lowest BCUT2D eigenvalue weighted by molar-refractivity contribution is -0.120. The number of hydrogen-bond acceptors (Lipinski definition) is 4. The van der Waals surface area contributed by atoms with Gasteiger partial charge in [-0.3, -0.25) is 4.79 Å². The summed E-state index contributed by atoms with van der Waals surface area (Å²) in [6, 6.07) is 0.0990. The van der Waals surface area contributed by atoms with E-state index in [9.17, 15) is 4.79 Å². The zero-order chi connectivity index (χ0) is 12.0. The minimum atomic E-state index is 0.0696. The number of amides is 1. The number of aromatic nitrogens is 3. The third kappa shape index (κ3) is 3.62. The van der Waals surface area contributed by atoms with Gasteiger partial charge in [0.05, 0.1) is 6.04 Å². The number of hydrogen-bond donors (Lipinski definition) is 2. The van der Waals surface area contributed by atoms with E-state index in [0.29, 0.717) is 19.5 Å². The van der Waals surface area contributed by atoms with E-state index >= 15 is 0 Å². The van der Waals surface area contributed by atoms with Crippen molar-refractivity contribution >= 4 is 5.91 Å². The third-order valence-electron chi connectivity index (χ3n) is 2.31. The topological polar surface area (TPSA) is 71.8 Å². The number of carbonyl (C=O) groups excluding carboxylic acids is 1. The van der Waals surface area contributed by atoms with E-state index in [0.717, 1.165) is 5.82 Å². The minimum absolute atomic E-state index is 0.0696. The van der Waals surface area contributed by atoms with Gasteiger partial charge in [-0.15, -0.1) is 10.2 Å². The number of nitrogens with one attached hydrogen (secondary N) is 2. The van der Waals surface area contributed by atoms with Crippen molar-refractivity contribution in [3.63, 3.8) is 0 Å². The molecule has 1 unspecified atom stereocenters. The van der Waals surface area contributed by atoms with Crippen LogP contribution in [0.25, 0.3) is 0 Å². The van der Waals surface area contributed by atoms with E-state index in [-0.39, 0.29) is 11.9 Å². The van der Waals surface area contributed by atoms with Gasteiger partial charge in [0.25, 0.3) is 0 Å². The molecule has 0 saturated carbocycles. The van der Waals surface area contributed by atoms with Crippen molar-refractivity contribution in [2.45, 2.75) is 26.3 Å². The van der Waals surface area contributed by atoms with E-state index < -0.39 is 0 Å². The highest BCUT2D eigenvalue weighted by Crippen LogP contribution is 2.06. The summed E-state index contributed by atoms with van der Waals surface area (Å²) in [5.41, 5.74) is 0. The van der Waals surface area contributed by atoms with E-state index in [1.54, 1.807) is 6.33 Å². The standard InChI is InChI=1S/C10H19N5O/c1-4-11-9(16)5-6-12-8(2)10-14-13-7-15(10)3/h7-8,12H,4-6H2,1-3H3,(H,11,16). The molecule has 6 heteroatoms. The zero-order valence-electron chi connectivity index (χ0n) is 10.0. The van der Waals surface area contributed by atoms with E-state index in [2.05, 4.69) is 20.8 Å². The fraction of sp³-hybridized carbons (Fsp3) is 0.700. The van der Waals surface area contributed by atoms with Crippen LogP contribution in [0.1, 0.15) is 32.1 Å². The Balaban J connectivity index is 2.28. The zero-order valence-corrected chi connectivity index (χ0v) is 10.0. The molecular weight excluding hydrogens is 206 g/mol. The maximum absolute atomic E-state index is 11.2. The molecule has 16 heavy (non-hydrogen) atoms. The fourth-order valence-electron chi connectivity index (χ4n) is 1.46. The molecule has 2 N–H and O–H groups in total. The van der Waals surface area contributed by atoms with Crippen LogP contribution < -0.4 is 10.6 Å². The normalized spacial score (nSPS) is 12.4. The lowest BCUT2D eigenvalue weighted by atomic mass is 10.3. The molecule has 1 atom stereocenters. The molecule has 1 amide bonds. The highest BCUT2D eigenvalue weighted by molar-refractivity contribution is 5.75. The van der Waals surface area contributed by atoms with Gasteiger partial charge in [0, 0.05) is 26.6 Å². The van der Waals surface area contributed by atoms with Crippen LogP contribution in [0.2, 0.25) is 0 Å². The maximum Gasteiger partial charge on any atom is 0.221 e. The third-order valence-corrected chi connectivity index (χ3v) is 2.31. The number of nitrogens with zero attached hydrogens (tertiary/aromatic N) is 3. The van der Waals surface area contributed by atoms with Crippen LogP contribution in [0.3, 0.4) is 0 Å². The first-order valence-electron chi connectivity index (χ1n) is 5.49. The first-order valence-corrected chi connectivity index (χ1v) is 5.49. The van der Waals surface area contributed by atoms with Gasteiger partial charge in [-0.1, -0.05) is 0 Å². The molecule has 0 aliphatic carbocycles. The summed E-state index contributed by atoms with van der Waals surface area (Å²) in [6.45, 7) is 5.23. The summed E-state index contributed by atoms with van der Waals surface area (Å²) >= 11 is 0. The van der Waals surface area contributed by atoms with Crippen LogP contribution in [-0.4, -0.2) is 33.8 Å². The Labute approximate surface area is 95.4 Å². The Morgan fingerprint density at radius 2 is 2.38 bits per heavy atom. The molecule has 0 radical (unpaired) electrons. The Hall–Kier alpha value is -1.43. The van der Waals surface area contributed by atoms with Crippen molar-refractivity contribution in [3.05, 3.63) is 12.2 Å². The Bertz CT molecular complexity index is 336. The molecule has 1 rings (SSSR count). The van der Waals surface area contributed by atoms with E-state index in [1.165, 1.54) is 0 Å². The second-order valence-corrected chi connectivity index (χ2v) is 3.68. The summed E-state index contributed by atoms with van der Waals surface area (Å²) in [6.07, 6.45) is 2.15. The lowest BCUT2D eigenvalue weighted by Crippen LogP contribution is -2.29. The van der Waals surface area contributed by atoms with Gasteiger partial charge in [-0.2, -0.15) is 0 Å². The smallest absolute Gasteiger partial charge is 0.221 e. The Kier molecular flexibility index (Phi) is 4.91. The maximum atomic E-state index is 11.2. The highest BCUT2D eigenvalue weighted by Gasteiger charge is 2.10. The molecule has 0 aliphatic heterocycles. The van der Waals surface area contributed by atoms with Crippen LogP contribution in [0.5, 0.6) is 0 Å². The lowest BCUT2D eigenvalue weighted by Gasteiger charge is -2.12. The molecule has 0 aromatic carbocycles. The number of aryl methyl sites for hydroxylation is 1. The highest BCUT2D eigenvalue weighted by atomic mass is 16.1. The molecule has 0 fully saturated rings. The quantitative estimate of drug-likeness (QED) is 0.714. The van der Waals surface area contributed by atoms with Crippen LogP contribution >= 0.6 is 0 Å². The predicted octanol–water partition coefficient (Wildman–Crippen LogP) is -0.00810. The van der Waals surface area contributed by atoms with Gasteiger partial charge in [-0.05, 0) is 13.8 Å². The number of carbonyl (C=O) groups is 1. The van der Waals surface area contributed by atoms with Gasteiger partial charge < -0.3 is 15.2 Å². The van der Waals surface area contributed by atoms with Crippen molar-refractivity contribution in [1.82, 2.24) is 25.4 Å². The Morgan fingerprint density at radius 3 is 2.94 bits per heavy atom.